The van der Waals surface area contributed by atoms with Gasteiger partial charge in [-0.15, -0.1) is 17.0 Å². The van der Waals surface area contributed by atoms with Crippen molar-refractivity contribution >= 4 is 72.3 Å². The molecule has 3 aliphatic rings. The highest BCUT2D eigenvalue weighted by atomic mass is 79.9. The lowest BCUT2D eigenvalue weighted by Gasteiger charge is -2.34. The third kappa shape index (κ3) is 6.44. The molecule has 1 aliphatic carbocycles. The van der Waals surface area contributed by atoms with E-state index in [1.807, 2.05) is 12.1 Å². The Bertz CT molecular complexity index is 2270. The van der Waals surface area contributed by atoms with Crippen molar-refractivity contribution < 1.29 is 9.53 Å². The second kappa shape index (κ2) is 14.5. The highest BCUT2D eigenvalue weighted by Gasteiger charge is 2.27. The molecule has 2 fully saturated rings. The molecule has 266 valence electrons. The fourth-order valence-electron chi connectivity index (χ4n) is 8.87. The number of rotatable bonds is 5. The number of ether oxygens (including phenoxy) is 1. The molecular weight excluding hydrogens is 708 g/mol. The zero-order valence-corrected chi connectivity index (χ0v) is 31.9. The van der Waals surface area contributed by atoms with E-state index in [0.29, 0.717) is 11.5 Å². The van der Waals surface area contributed by atoms with E-state index in [-0.39, 0.29) is 22.9 Å². The van der Waals surface area contributed by atoms with Crippen molar-refractivity contribution in [2.24, 2.45) is 0 Å². The van der Waals surface area contributed by atoms with Crippen molar-refractivity contribution in [1.82, 2.24) is 4.90 Å². The van der Waals surface area contributed by atoms with Gasteiger partial charge in [0.2, 0.25) is 0 Å². The maximum Gasteiger partial charge on any atom is 0.255 e. The molecule has 1 unspecified atom stereocenters. The molecule has 6 nitrogen and oxygen atoms in total. The summed E-state index contributed by atoms with van der Waals surface area (Å²) in [4.78, 5) is 21.1. The molecule has 1 amide bonds. The summed E-state index contributed by atoms with van der Waals surface area (Å²) in [6.07, 6.45) is 3.02. The average Bonchev–Trinajstić information content (AvgIpc) is 3.18. The van der Waals surface area contributed by atoms with E-state index in [1.165, 1.54) is 49.5 Å². The van der Waals surface area contributed by atoms with E-state index in [9.17, 15) is 4.79 Å². The molecule has 0 radical (unpaired) electrons. The SMILES string of the molecule is Br.Cc1cc2cc(N3CCN(C)CC3)ccc2c2ccc3c(c12)CCC(c1ccc2ccccc2c1NC(=O)c1ccc(N2CCOCC2)cc1)C3. The van der Waals surface area contributed by atoms with Crippen LogP contribution in [0.5, 0.6) is 0 Å². The summed E-state index contributed by atoms with van der Waals surface area (Å²) in [6, 6.07) is 35.2. The number of nitrogens with one attached hydrogen (secondary N) is 1. The van der Waals surface area contributed by atoms with Gasteiger partial charge in [-0.3, -0.25) is 4.79 Å². The maximum absolute atomic E-state index is 13.8. The molecule has 7 heteroatoms. The predicted octanol–water partition coefficient (Wildman–Crippen LogP) is 9.15. The fraction of sp³-hybridized carbons (Fsp3) is 0.311. The lowest BCUT2D eigenvalue weighted by Crippen LogP contribution is -2.44. The van der Waals surface area contributed by atoms with Gasteiger partial charge in [-0.1, -0.05) is 60.7 Å². The summed E-state index contributed by atoms with van der Waals surface area (Å²) in [7, 11) is 2.21. The van der Waals surface area contributed by atoms with Crippen LogP contribution in [-0.4, -0.2) is 70.3 Å². The standard InChI is InChI=1S/C45H46N4O2.BrH/c1-30-27-35-29-37(48-21-19-47(2)20-22-48)14-18-38(35)42-17-11-33-28-34(10-15-39(33)43(30)42)41-16-9-31-5-3-4-6-40(31)44(41)46-45(50)32-7-12-36(13-8-32)49-23-25-51-26-24-49;/h3-9,11-14,16-18,27,29,34H,10,15,19-26,28H2,1-2H3,(H,46,50);1H. The number of piperazine rings is 1. The lowest BCUT2D eigenvalue weighted by atomic mass is 9.76. The van der Waals surface area contributed by atoms with Crippen molar-refractivity contribution in [3.8, 4) is 0 Å². The van der Waals surface area contributed by atoms with Gasteiger partial charge in [0.15, 0.2) is 0 Å². The number of benzene rings is 6. The van der Waals surface area contributed by atoms with Crippen molar-refractivity contribution in [3.05, 3.63) is 125 Å². The van der Waals surface area contributed by atoms with Gasteiger partial charge in [0.05, 0.1) is 18.9 Å². The number of aryl methyl sites for hydroxylation is 2. The van der Waals surface area contributed by atoms with E-state index in [0.717, 1.165) is 93.9 Å². The van der Waals surface area contributed by atoms with Crippen LogP contribution in [0.1, 0.15) is 45.0 Å². The molecule has 2 heterocycles. The number of carbonyl (C=O) groups excluding carboxylic acids is 1. The number of carbonyl (C=O) groups is 1. The van der Waals surface area contributed by atoms with Crippen LogP contribution >= 0.6 is 17.0 Å². The number of nitrogens with zero attached hydrogens (tertiary/aromatic N) is 3. The first-order valence-electron chi connectivity index (χ1n) is 18.7. The molecule has 0 bridgehead atoms. The minimum Gasteiger partial charge on any atom is -0.378 e. The molecule has 9 rings (SSSR count). The quantitative estimate of drug-likeness (QED) is 0.178. The largest absolute Gasteiger partial charge is 0.378 e. The summed E-state index contributed by atoms with van der Waals surface area (Å²) in [5, 5.41) is 11.1. The first-order chi connectivity index (χ1) is 25.0. The number of amides is 1. The van der Waals surface area contributed by atoms with Crippen LogP contribution in [0.4, 0.5) is 17.1 Å². The molecule has 52 heavy (non-hydrogen) atoms. The molecular formula is C45H47BrN4O2. The van der Waals surface area contributed by atoms with Gasteiger partial charge in [-0.2, -0.15) is 0 Å². The van der Waals surface area contributed by atoms with Gasteiger partial charge in [0.25, 0.3) is 5.91 Å². The second-order valence-electron chi connectivity index (χ2n) is 14.8. The van der Waals surface area contributed by atoms with E-state index in [4.69, 9.17) is 4.74 Å². The van der Waals surface area contributed by atoms with Gasteiger partial charge in [-0.25, -0.2) is 0 Å². The Hall–Kier alpha value is -4.43. The molecule has 6 aromatic carbocycles. The van der Waals surface area contributed by atoms with Crippen LogP contribution in [0, 0.1) is 6.92 Å². The van der Waals surface area contributed by atoms with E-state index >= 15 is 0 Å². The second-order valence-corrected chi connectivity index (χ2v) is 14.8. The van der Waals surface area contributed by atoms with E-state index < -0.39 is 0 Å². The maximum atomic E-state index is 13.8. The molecule has 1 N–H and O–H groups in total. The van der Waals surface area contributed by atoms with E-state index in [1.54, 1.807) is 0 Å². The summed E-state index contributed by atoms with van der Waals surface area (Å²) in [5.41, 5.74) is 9.60. The molecule has 0 spiro atoms. The molecule has 6 aromatic rings. The highest BCUT2D eigenvalue weighted by Crippen LogP contribution is 2.43. The van der Waals surface area contributed by atoms with E-state index in [2.05, 4.69) is 119 Å². The topological polar surface area (TPSA) is 48.0 Å². The zero-order valence-electron chi connectivity index (χ0n) is 30.2. The van der Waals surface area contributed by atoms with Crippen LogP contribution in [-0.2, 0) is 17.6 Å². The Labute approximate surface area is 317 Å². The number of hydrogen-bond acceptors (Lipinski definition) is 5. The minimum absolute atomic E-state index is 0. The summed E-state index contributed by atoms with van der Waals surface area (Å²) in [5.74, 6) is 0.243. The van der Waals surface area contributed by atoms with Crippen molar-refractivity contribution in [3.63, 3.8) is 0 Å². The van der Waals surface area contributed by atoms with Crippen LogP contribution in [0.25, 0.3) is 32.3 Å². The van der Waals surface area contributed by atoms with Crippen molar-refractivity contribution in [1.29, 1.82) is 0 Å². The summed E-state index contributed by atoms with van der Waals surface area (Å²) < 4.78 is 5.52. The third-order valence-corrected chi connectivity index (χ3v) is 11.7. The third-order valence-electron chi connectivity index (χ3n) is 11.7. The number of anilines is 3. The highest BCUT2D eigenvalue weighted by molar-refractivity contribution is 8.93. The van der Waals surface area contributed by atoms with Gasteiger partial charge < -0.3 is 24.8 Å². The monoisotopic (exact) mass is 754 g/mol. The van der Waals surface area contributed by atoms with Crippen LogP contribution in [0.2, 0.25) is 0 Å². The molecule has 2 aliphatic heterocycles. The van der Waals surface area contributed by atoms with Gasteiger partial charge in [0, 0.05) is 61.6 Å². The minimum atomic E-state index is -0.0679. The van der Waals surface area contributed by atoms with Crippen LogP contribution in [0.3, 0.4) is 0 Å². The van der Waals surface area contributed by atoms with Gasteiger partial charge >= 0.3 is 0 Å². The lowest BCUT2D eigenvalue weighted by molar-refractivity contribution is 0.102. The zero-order chi connectivity index (χ0) is 34.5. The van der Waals surface area contributed by atoms with Crippen molar-refractivity contribution in [2.75, 3.05) is 74.6 Å². The van der Waals surface area contributed by atoms with Crippen molar-refractivity contribution in [2.45, 2.75) is 32.1 Å². The first kappa shape index (κ1) is 34.6. The smallest absolute Gasteiger partial charge is 0.255 e. The predicted molar refractivity (Wildman–Crippen MR) is 222 cm³/mol. The molecule has 0 aromatic heterocycles. The number of halogens is 1. The van der Waals surface area contributed by atoms with Crippen LogP contribution in [0.15, 0.2) is 97.1 Å². The Morgan fingerprint density at radius 2 is 1.46 bits per heavy atom. The molecule has 0 saturated carbocycles. The van der Waals surface area contributed by atoms with Gasteiger partial charge in [0.1, 0.15) is 0 Å². The number of fused-ring (bicyclic) bond motifs is 6. The summed E-state index contributed by atoms with van der Waals surface area (Å²) in [6.45, 7) is 9.89. The number of likely N-dealkylation sites (N-methyl/N-ethyl adjacent to an activating group) is 1. The molecule has 1 atom stereocenters. The fourth-order valence-corrected chi connectivity index (χ4v) is 8.87. The number of morpholine rings is 1. The normalized spacial score (nSPS) is 18.0. The molecule has 2 saturated heterocycles. The Morgan fingerprint density at radius 1 is 0.731 bits per heavy atom. The Morgan fingerprint density at radius 3 is 2.27 bits per heavy atom. The average molecular weight is 756 g/mol. The Kier molecular flexibility index (Phi) is 9.68. The first-order valence-corrected chi connectivity index (χ1v) is 18.7. The summed E-state index contributed by atoms with van der Waals surface area (Å²) >= 11 is 0. The number of hydrogen-bond donors (Lipinski definition) is 1. The van der Waals surface area contributed by atoms with Crippen LogP contribution < -0.4 is 15.1 Å². The van der Waals surface area contributed by atoms with Gasteiger partial charge in [-0.05, 0) is 125 Å². The Balaban J connectivity index is 0.00000387.